The van der Waals surface area contributed by atoms with E-state index in [1.165, 1.54) is 5.56 Å². The molecule has 0 spiro atoms. The first-order valence-corrected chi connectivity index (χ1v) is 12.8. The molecule has 1 unspecified atom stereocenters. The lowest BCUT2D eigenvalue weighted by Gasteiger charge is -2.54. The summed E-state index contributed by atoms with van der Waals surface area (Å²) in [6.45, 7) is 3.64. The van der Waals surface area contributed by atoms with Crippen molar-refractivity contribution in [3.63, 3.8) is 0 Å². The van der Waals surface area contributed by atoms with Crippen molar-refractivity contribution in [1.29, 1.82) is 0 Å². The fraction of sp³-hybridized carbons (Fsp3) is 0.387. The highest BCUT2D eigenvalue weighted by molar-refractivity contribution is 5.92. The maximum Gasteiger partial charge on any atom is 0.237 e. The van der Waals surface area contributed by atoms with E-state index >= 15 is 0 Å². The summed E-state index contributed by atoms with van der Waals surface area (Å²) >= 11 is 0. The number of rotatable bonds is 6. The van der Waals surface area contributed by atoms with Crippen LogP contribution >= 0.6 is 0 Å². The molecule has 1 amide bonds. The van der Waals surface area contributed by atoms with Crippen LogP contribution < -0.4 is 0 Å². The molecule has 3 aromatic carbocycles. The summed E-state index contributed by atoms with van der Waals surface area (Å²) in [6, 6.07) is 25.7. The quantitative estimate of drug-likeness (QED) is 0.553. The number of aliphatic hydroxyl groups excluding tert-OH is 1. The lowest BCUT2D eigenvalue weighted by atomic mass is 9.62. The van der Waals surface area contributed by atoms with E-state index in [1.807, 2.05) is 62.6 Å². The van der Waals surface area contributed by atoms with Crippen LogP contribution in [-0.4, -0.2) is 65.3 Å². The summed E-state index contributed by atoms with van der Waals surface area (Å²) in [5.74, 6) is 0.313. The van der Waals surface area contributed by atoms with E-state index in [0.717, 1.165) is 36.1 Å². The van der Waals surface area contributed by atoms with Gasteiger partial charge >= 0.3 is 0 Å². The first-order chi connectivity index (χ1) is 17.3. The minimum Gasteiger partial charge on any atom is -0.508 e. The van der Waals surface area contributed by atoms with Crippen molar-refractivity contribution in [1.82, 2.24) is 9.80 Å². The van der Waals surface area contributed by atoms with Gasteiger partial charge in [0.2, 0.25) is 5.91 Å². The number of hydrogen-bond acceptors (Lipinski definition) is 4. The molecule has 3 aromatic rings. The van der Waals surface area contributed by atoms with Gasteiger partial charge in [0.05, 0.1) is 6.10 Å². The van der Waals surface area contributed by atoms with Crippen molar-refractivity contribution >= 4 is 5.91 Å². The standard InChI is InChI=1S/C31H36N2O3/c1-30-16-18-33(27(28(30)35)20-22-14-15-25(34)21-26(22)30)19-17-31(29(36)32(2)3,23-10-6-4-7-11-23)24-12-8-5-9-13-24/h4-15,21,27-28,34-35H,16-20H2,1-3H3/t27?,28-,30+/m0/s1. The highest BCUT2D eigenvalue weighted by Crippen LogP contribution is 2.46. The monoisotopic (exact) mass is 484 g/mol. The van der Waals surface area contributed by atoms with Crippen LogP contribution in [0.15, 0.2) is 78.9 Å². The first kappa shape index (κ1) is 24.5. The number of likely N-dealkylation sites (tertiary alicyclic amines) is 1. The number of piperidine rings is 1. The van der Waals surface area contributed by atoms with Crippen LogP contribution in [0.5, 0.6) is 5.75 Å². The zero-order valence-electron chi connectivity index (χ0n) is 21.4. The summed E-state index contributed by atoms with van der Waals surface area (Å²) in [4.78, 5) is 18.1. The Bertz CT molecular complexity index is 1190. The Morgan fingerprint density at radius 2 is 1.64 bits per heavy atom. The van der Waals surface area contributed by atoms with E-state index in [4.69, 9.17) is 0 Å². The number of amides is 1. The van der Waals surface area contributed by atoms with Gasteiger partial charge in [0.1, 0.15) is 11.2 Å². The van der Waals surface area contributed by atoms with Crippen LogP contribution in [0, 0.1) is 0 Å². The third kappa shape index (κ3) is 3.91. The number of nitrogens with zero attached hydrogens (tertiary/aromatic N) is 2. The van der Waals surface area contributed by atoms with Crippen LogP contribution in [0.3, 0.4) is 0 Å². The third-order valence-corrected chi connectivity index (χ3v) is 8.62. The Morgan fingerprint density at radius 3 is 2.22 bits per heavy atom. The maximum absolute atomic E-state index is 14.0. The molecule has 2 N–H and O–H groups in total. The van der Waals surface area contributed by atoms with E-state index in [2.05, 4.69) is 36.1 Å². The second kappa shape index (κ2) is 9.38. The molecule has 188 valence electrons. The van der Waals surface area contributed by atoms with Crippen molar-refractivity contribution in [2.45, 2.75) is 49.2 Å². The number of carbonyl (C=O) groups is 1. The maximum atomic E-state index is 14.0. The number of likely N-dealkylation sites (N-methyl/N-ethyl adjacent to an activating group) is 1. The van der Waals surface area contributed by atoms with Gasteiger partial charge in [-0.15, -0.1) is 0 Å². The van der Waals surface area contributed by atoms with E-state index in [1.54, 1.807) is 11.0 Å². The number of aliphatic hydroxyl groups is 1. The normalized spacial score (nSPS) is 23.7. The molecule has 5 nitrogen and oxygen atoms in total. The molecule has 1 fully saturated rings. The predicted octanol–water partition coefficient (Wildman–Crippen LogP) is 4.11. The summed E-state index contributed by atoms with van der Waals surface area (Å²) in [5, 5.41) is 21.6. The summed E-state index contributed by atoms with van der Waals surface area (Å²) < 4.78 is 0. The van der Waals surface area contributed by atoms with Crippen LogP contribution in [0.2, 0.25) is 0 Å². The van der Waals surface area contributed by atoms with E-state index in [-0.39, 0.29) is 23.1 Å². The molecule has 0 radical (unpaired) electrons. The van der Waals surface area contributed by atoms with Gasteiger partial charge in [-0.25, -0.2) is 0 Å². The number of carbonyl (C=O) groups excluding carboxylic acids is 1. The Balaban J connectivity index is 1.51. The molecule has 1 saturated heterocycles. The summed E-state index contributed by atoms with van der Waals surface area (Å²) in [7, 11) is 3.65. The predicted molar refractivity (Wildman–Crippen MR) is 142 cm³/mol. The van der Waals surface area contributed by atoms with Crippen LogP contribution in [0.4, 0.5) is 0 Å². The van der Waals surface area contributed by atoms with Crippen molar-refractivity contribution in [3.8, 4) is 5.75 Å². The van der Waals surface area contributed by atoms with Gasteiger partial charge in [-0.3, -0.25) is 9.69 Å². The van der Waals surface area contributed by atoms with E-state index in [0.29, 0.717) is 13.0 Å². The zero-order valence-corrected chi connectivity index (χ0v) is 21.4. The number of hydrogen-bond donors (Lipinski definition) is 2. The molecule has 36 heavy (non-hydrogen) atoms. The molecule has 0 aromatic heterocycles. The number of phenols is 1. The van der Waals surface area contributed by atoms with Gasteiger partial charge in [0.25, 0.3) is 0 Å². The van der Waals surface area contributed by atoms with Gasteiger partial charge in [0.15, 0.2) is 0 Å². The van der Waals surface area contributed by atoms with E-state index < -0.39 is 11.5 Å². The molecule has 2 bridgehead atoms. The molecule has 5 rings (SSSR count). The first-order valence-electron chi connectivity index (χ1n) is 12.8. The molecule has 5 heteroatoms. The largest absolute Gasteiger partial charge is 0.508 e. The molecule has 2 aliphatic rings. The van der Waals surface area contributed by atoms with Gasteiger partial charge in [-0.1, -0.05) is 73.7 Å². The Hall–Kier alpha value is -3.15. The molecular formula is C31H36N2O3. The third-order valence-electron chi connectivity index (χ3n) is 8.62. The van der Waals surface area contributed by atoms with Crippen molar-refractivity contribution < 1.29 is 15.0 Å². The van der Waals surface area contributed by atoms with Gasteiger partial charge in [-0.05, 0) is 60.2 Å². The van der Waals surface area contributed by atoms with Crippen LogP contribution in [0.1, 0.15) is 42.0 Å². The van der Waals surface area contributed by atoms with Crippen molar-refractivity contribution in [3.05, 3.63) is 101 Å². The Morgan fingerprint density at radius 1 is 1.03 bits per heavy atom. The van der Waals surface area contributed by atoms with E-state index in [9.17, 15) is 15.0 Å². The molecule has 3 atom stereocenters. The smallest absolute Gasteiger partial charge is 0.237 e. The highest BCUT2D eigenvalue weighted by atomic mass is 16.3. The number of phenolic OH excluding ortho intramolecular Hbond substituents is 1. The molecular weight excluding hydrogens is 448 g/mol. The Kier molecular flexibility index (Phi) is 6.39. The molecule has 1 aliphatic carbocycles. The number of fused-ring (bicyclic) bond motifs is 4. The van der Waals surface area contributed by atoms with Gasteiger partial charge in [-0.2, -0.15) is 0 Å². The SMILES string of the molecule is CN(C)C(=O)C(CCN1CC[C@]2(C)c3cc(O)ccc3CC1[C@@H]2O)(c1ccccc1)c1ccccc1. The second-order valence-corrected chi connectivity index (χ2v) is 10.8. The average Bonchev–Trinajstić information content (AvgIpc) is 2.89. The lowest BCUT2D eigenvalue weighted by Crippen LogP contribution is -2.62. The highest BCUT2D eigenvalue weighted by Gasteiger charge is 2.51. The summed E-state index contributed by atoms with van der Waals surface area (Å²) in [6.07, 6.45) is 1.61. The fourth-order valence-electron chi connectivity index (χ4n) is 6.57. The minimum absolute atomic E-state index is 0.0282. The van der Waals surface area contributed by atoms with Crippen molar-refractivity contribution in [2.24, 2.45) is 0 Å². The van der Waals surface area contributed by atoms with Crippen LogP contribution in [-0.2, 0) is 22.0 Å². The lowest BCUT2D eigenvalue weighted by molar-refractivity contribution is -0.134. The van der Waals surface area contributed by atoms with Crippen LogP contribution in [0.25, 0.3) is 0 Å². The average molecular weight is 485 g/mol. The topological polar surface area (TPSA) is 64.0 Å². The zero-order chi connectivity index (χ0) is 25.5. The second-order valence-electron chi connectivity index (χ2n) is 10.8. The number of benzene rings is 3. The molecule has 1 heterocycles. The van der Waals surface area contributed by atoms with Gasteiger partial charge < -0.3 is 15.1 Å². The number of aromatic hydroxyl groups is 1. The Labute approximate surface area is 214 Å². The van der Waals surface area contributed by atoms with Crippen molar-refractivity contribution in [2.75, 3.05) is 27.2 Å². The van der Waals surface area contributed by atoms with Gasteiger partial charge in [0, 0.05) is 32.1 Å². The molecule has 0 saturated carbocycles. The minimum atomic E-state index is -0.823. The summed E-state index contributed by atoms with van der Waals surface area (Å²) in [5.41, 5.74) is 3.02. The fourth-order valence-corrected chi connectivity index (χ4v) is 6.57. The molecule has 1 aliphatic heterocycles.